The van der Waals surface area contributed by atoms with Crippen LogP contribution in [0.5, 0.6) is 11.5 Å². The van der Waals surface area contributed by atoms with Gasteiger partial charge in [-0.2, -0.15) is 8.78 Å². The number of hydrogen-bond acceptors (Lipinski definition) is 5. The highest BCUT2D eigenvalue weighted by Gasteiger charge is 2.22. The van der Waals surface area contributed by atoms with Crippen LogP contribution in [0.1, 0.15) is 22.8 Å². The van der Waals surface area contributed by atoms with E-state index in [1.54, 1.807) is 23.1 Å². The van der Waals surface area contributed by atoms with Crippen molar-refractivity contribution in [2.24, 2.45) is 0 Å². The Bertz CT molecular complexity index is 1020. The average molecular weight is 448 g/mol. The van der Waals surface area contributed by atoms with Gasteiger partial charge in [-0.15, -0.1) is 0 Å². The van der Waals surface area contributed by atoms with Crippen LogP contribution in [0.2, 0.25) is 0 Å². The Morgan fingerprint density at radius 2 is 1.81 bits per heavy atom. The molecule has 1 fully saturated rings. The number of hydrogen-bond donors (Lipinski definition) is 0. The number of rotatable bonds is 7. The van der Waals surface area contributed by atoms with E-state index in [2.05, 4.69) is 4.74 Å². The van der Waals surface area contributed by atoms with Crippen molar-refractivity contribution in [1.82, 2.24) is 4.90 Å². The van der Waals surface area contributed by atoms with Gasteiger partial charge in [-0.1, -0.05) is 12.1 Å². The zero-order chi connectivity index (χ0) is 23.3. The lowest BCUT2D eigenvalue weighted by molar-refractivity contribution is -0.126. The maximum absolute atomic E-state index is 14.4. The van der Waals surface area contributed by atoms with Crippen LogP contribution < -0.4 is 14.4 Å². The Morgan fingerprint density at radius 3 is 2.41 bits per heavy atom. The number of alkyl halides is 2. The molecule has 1 heterocycles. The second-order valence-corrected chi connectivity index (χ2v) is 7.13. The summed E-state index contributed by atoms with van der Waals surface area (Å²) < 4.78 is 49.5. The van der Waals surface area contributed by atoms with Crippen molar-refractivity contribution >= 4 is 23.5 Å². The van der Waals surface area contributed by atoms with Crippen LogP contribution >= 0.6 is 0 Å². The number of ether oxygens (including phenoxy) is 2. The average Bonchev–Trinajstić information content (AvgIpc) is 2.77. The monoisotopic (exact) mass is 448 g/mol. The molecule has 0 atom stereocenters. The maximum Gasteiger partial charge on any atom is 0.387 e. The first-order valence-electron chi connectivity index (χ1n) is 9.94. The Morgan fingerprint density at radius 1 is 1.09 bits per heavy atom. The number of nitrogens with zero attached hydrogens (tertiary/aromatic N) is 2. The molecule has 0 saturated carbocycles. The number of methoxy groups -OCH3 is 1. The number of amides is 1. The van der Waals surface area contributed by atoms with E-state index < -0.39 is 12.4 Å². The third-order valence-corrected chi connectivity index (χ3v) is 5.13. The van der Waals surface area contributed by atoms with Crippen molar-refractivity contribution < 1.29 is 32.2 Å². The SMILES string of the molecule is COc1cccc(/C=C/C(=O)N2CCN(c3ccc(C(C)=O)cc3F)CC2)c1OC(F)F. The van der Waals surface area contributed by atoms with Crippen LogP contribution in [-0.4, -0.2) is 56.5 Å². The quantitative estimate of drug-likeness (QED) is 0.474. The molecule has 0 bridgehead atoms. The number of carbonyl (C=O) groups excluding carboxylic acids is 2. The van der Waals surface area contributed by atoms with Crippen molar-refractivity contribution in [3.8, 4) is 11.5 Å². The predicted molar refractivity (Wildman–Crippen MR) is 114 cm³/mol. The molecule has 0 spiro atoms. The summed E-state index contributed by atoms with van der Waals surface area (Å²) in [5, 5.41) is 0. The molecule has 32 heavy (non-hydrogen) atoms. The van der Waals surface area contributed by atoms with Gasteiger partial charge in [-0.25, -0.2) is 4.39 Å². The molecule has 0 radical (unpaired) electrons. The number of ketones is 1. The molecule has 1 saturated heterocycles. The van der Waals surface area contributed by atoms with E-state index in [1.165, 1.54) is 44.4 Å². The smallest absolute Gasteiger partial charge is 0.387 e. The molecule has 6 nitrogen and oxygen atoms in total. The number of benzene rings is 2. The van der Waals surface area contributed by atoms with Crippen LogP contribution in [0.3, 0.4) is 0 Å². The van der Waals surface area contributed by atoms with Gasteiger partial charge in [0.25, 0.3) is 0 Å². The predicted octanol–water partition coefficient (Wildman–Crippen LogP) is 4.00. The zero-order valence-corrected chi connectivity index (χ0v) is 17.7. The molecule has 0 aliphatic carbocycles. The standard InChI is InChI=1S/C23H23F3N2O4/c1-15(29)17-6-8-19(18(24)14-17)27-10-12-28(13-11-27)21(30)9-7-16-4-3-5-20(31-2)22(16)32-23(25)26/h3-9,14,23H,10-13H2,1-2H3/b9-7+. The lowest BCUT2D eigenvalue weighted by atomic mass is 10.1. The molecule has 2 aromatic rings. The van der Waals surface area contributed by atoms with E-state index in [1.807, 2.05) is 4.90 Å². The molecule has 170 valence electrons. The largest absolute Gasteiger partial charge is 0.493 e. The first kappa shape index (κ1) is 23.2. The third kappa shape index (κ3) is 5.40. The second-order valence-electron chi connectivity index (χ2n) is 7.13. The summed E-state index contributed by atoms with van der Waals surface area (Å²) >= 11 is 0. The van der Waals surface area contributed by atoms with E-state index in [9.17, 15) is 22.8 Å². The van der Waals surface area contributed by atoms with E-state index in [4.69, 9.17) is 4.74 Å². The Labute approximate surface area is 183 Å². The number of Topliss-reactive ketones (excluding diaryl/α,β-unsaturated/α-hetero) is 1. The molecule has 2 aromatic carbocycles. The Kier molecular flexibility index (Phi) is 7.40. The Hall–Kier alpha value is -3.49. The lowest BCUT2D eigenvalue weighted by Crippen LogP contribution is -2.48. The summed E-state index contributed by atoms with van der Waals surface area (Å²) in [4.78, 5) is 27.4. The van der Waals surface area contributed by atoms with Crippen molar-refractivity contribution in [3.63, 3.8) is 0 Å². The summed E-state index contributed by atoms with van der Waals surface area (Å²) in [6.45, 7) is -0.123. The van der Waals surface area contributed by atoms with Gasteiger partial charge in [0.1, 0.15) is 5.82 Å². The fourth-order valence-electron chi connectivity index (χ4n) is 3.46. The molecular formula is C23H23F3N2O4. The fraction of sp³-hybridized carbons (Fsp3) is 0.304. The lowest BCUT2D eigenvalue weighted by Gasteiger charge is -2.35. The van der Waals surface area contributed by atoms with Crippen LogP contribution in [0.15, 0.2) is 42.5 Å². The molecule has 1 amide bonds. The van der Waals surface area contributed by atoms with Gasteiger partial charge in [0.15, 0.2) is 17.3 Å². The van der Waals surface area contributed by atoms with E-state index >= 15 is 0 Å². The molecule has 1 aliphatic heterocycles. The fourth-order valence-corrected chi connectivity index (χ4v) is 3.46. The normalized spacial score (nSPS) is 14.2. The van der Waals surface area contributed by atoms with Crippen LogP contribution in [0, 0.1) is 5.82 Å². The molecule has 1 aliphatic rings. The minimum absolute atomic E-state index is 0.131. The highest BCUT2D eigenvalue weighted by Crippen LogP contribution is 2.33. The topological polar surface area (TPSA) is 59.1 Å². The highest BCUT2D eigenvalue weighted by atomic mass is 19.3. The minimum Gasteiger partial charge on any atom is -0.493 e. The molecule has 3 rings (SSSR count). The number of piperazine rings is 1. The summed E-state index contributed by atoms with van der Waals surface area (Å²) in [7, 11) is 1.34. The van der Waals surface area contributed by atoms with Crippen LogP contribution in [0.4, 0.5) is 18.9 Å². The van der Waals surface area contributed by atoms with E-state index in [-0.39, 0.29) is 28.8 Å². The highest BCUT2D eigenvalue weighted by molar-refractivity contribution is 5.94. The molecule has 0 N–H and O–H groups in total. The number of carbonyl (C=O) groups is 2. The Balaban J connectivity index is 1.65. The van der Waals surface area contributed by atoms with Crippen molar-refractivity contribution in [1.29, 1.82) is 0 Å². The second kappa shape index (κ2) is 10.2. The first-order valence-corrected chi connectivity index (χ1v) is 9.94. The van der Waals surface area contributed by atoms with E-state index in [0.29, 0.717) is 37.4 Å². The first-order chi connectivity index (χ1) is 15.3. The molecule has 9 heteroatoms. The maximum atomic E-state index is 14.4. The molecule has 0 unspecified atom stereocenters. The van der Waals surface area contributed by atoms with Crippen LogP contribution in [-0.2, 0) is 4.79 Å². The van der Waals surface area contributed by atoms with Crippen molar-refractivity contribution in [2.45, 2.75) is 13.5 Å². The summed E-state index contributed by atoms with van der Waals surface area (Å²) in [5.41, 5.74) is 0.963. The van der Waals surface area contributed by atoms with Gasteiger partial charge in [-0.05, 0) is 37.3 Å². The molecule has 0 aromatic heterocycles. The third-order valence-electron chi connectivity index (χ3n) is 5.13. The summed E-state index contributed by atoms with van der Waals surface area (Å²) in [6.07, 6.45) is 2.68. The van der Waals surface area contributed by atoms with Gasteiger partial charge >= 0.3 is 6.61 Å². The van der Waals surface area contributed by atoms with Crippen molar-refractivity contribution in [3.05, 3.63) is 59.4 Å². The van der Waals surface area contributed by atoms with E-state index in [0.717, 1.165) is 0 Å². The van der Waals surface area contributed by atoms with Gasteiger partial charge in [0, 0.05) is 43.4 Å². The minimum atomic E-state index is -3.04. The number of para-hydroxylation sites is 1. The van der Waals surface area contributed by atoms with Crippen LogP contribution in [0.25, 0.3) is 6.08 Å². The number of anilines is 1. The zero-order valence-electron chi connectivity index (χ0n) is 17.7. The van der Waals surface area contributed by atoms with Crippen molar-refractivity contribution in [2.75, 3.05) is 38.2 Å². The van der Waals surface area contributed by atoms with Gasteiger partial charge < -0.3 is 19.3 Å². The van der Waals surface area contributed by atoms with Gasteiger partial charge in [-0.3, -0.25) is 9.59 Å². The van der Waals surface area contributed by atoms with Gasteiger partial charge in [0.2, 0.25) is 5.91 Å². The summed E-state index contributed by atoms with van der Waals surface area (Å²) in [5.74, 6) is -1.02. The summed E-state index contributed by atoms with van der Waals surface area (Å²) in [6, 6.07) is 8.98. The van der Waals surface area contributed by atoms with Gasteiger partial charge in [0.05, 0.1) is 12.8 Å². The molecular weight excluding hydrogens is 425 g/mol. The number of halogens is 3.